The number of hydrogen-bond acceptors (Lipinski definition) is 5. The van der Waals surface area contributed by atoms with Crippen LogP contribution in [0.4, 0.5) is 5.69 Å². The SMILES string of the molecule is COc1ccccc1C(C)N(C)C(=O)COc1ccccc1[N+](=O)[O-]. The van der Waals surface area contributed by atoms with Crippen LogP contribution in [0.1, 0.15) is 18.5 Å². The molecule has 0 N–H and O–H groups in total. The molecule has 1 atom stereocenters. The highest BCUT2D eigenvalue weighted by atomic mass is 16.6. The van der Waals surface area contributed by atoms with Crippen molar-refractivity contribution in [1.82, 2.24) is 4.90 Å². The van der Waals surface area contributed by atoms with Gasteiger partial charge in [0, 0.05) is 18.7 Å². The van der Waals surface area contributed by atoms with Crippen molar-refractivity contribution in [2.75, 3.05) is 20.8 Å². The van der Waals surface area contributed by atoms with Gasteiger partial charge in [0.15, 0.2) is 12.4 Å². The number of amides is 1. The highest BCUT2D eigenvalue weighted by Gasteiger charge is 2.22. The Kier molecular flexibility index (Phi) is 5.94. The maximum Gasteiger partial charge on any atom is 0.310 e. The first-order valence-corrected chi connectivity index (χ1v) is 7.70. The zero-order valence-electron chi connectivity index (χ0n) is 14.3. The van der Waals surface area contributed by atoms with Gasteiger partial charge in [-0.05, 0) is 19.1 Å². The molecule has 0 heterocycles. The fraction of sp³-hybridized carbons (Fsp3) is 0.278. The molecule has 0 aromatic heterocycles. The molecule has 7 nitrogen and oxygen atoms in total. The van der Waals surface area contributed by atoms with Gasteiger partial charge in [0.1, 0.15) is 5.75 Å². The first kappa shape index (κ1) is 18.3. The molecule has 1 amide bonds. The van der Waals surface area contributed by atoms with Gasteiger partial charge in [0.25, 0.3) is 5.91 Å². The minimum absolute atomic E-state index is 0.0687. The molecule has 0 aliphatic heterocycles. The number of nitrogens with zero attached hydrogens (tertiary/aromatic N) is 2. The van der Waals surface area contributed by atoms with Crippen LogP contribution in [0.2, 0.25) is 0 Å². The topological polar surface area (TPSA) is 81.9 Å². The predicted molar refractivity (Wildman–Crippen MR) is 92.8 cm³/mol. The second kappa shape index (κ2) is 8.14. The Labute approximate surface area is 145 Å². The van der Waals surface area contributed by atoms with Gasteiger partial charge >= 0.3 is 5.69 Å². The zero-order valence-corrected chi connectivity index (χ0v) is 14.3. The van der Waals surface area contributed by atoms with Crippen LogP contribution >= 0.6 is 0 Å². The molecule has 0 radical (unpaired) electrons. The number of methoxy groups -OCH3 is 1. The number of para-hydroxylation sites is 3. The van der Waals surface area contributed by atoms with E-state index in [9.17, 15) is 14.9 Å². The summed E-state index contributed by atoms with van der Waals surface area (Å²) in [5.74, 6) is 0.463. The third-order valence-electron chi connectivity index (χ3n) is 3.98. The summed E-state index contributed by atoms with van der Waals surface area (Å²) in [5.41, 5.74) is 0.697. The van der Waals surface area contributed by atoms with Crippen LogP contribution in [0.5, 0.6) is 11.5 Å². The number of carbonyl (C=O) groups is 1. The summed E-state index contributed by atoms with van der Waals surface area (Å²) in [6.07, 6.45) is 0. The average molecular weight is 344 g/mol. The van der Waals surface area contributed by atoms with Gasteiger partial charge in [0.05, 0.1) is 18.1 Å². The number of likely N-dealkylation sites (N-methyl/N-ethyl adjacent to an activating group) is 1. The third kappa shape index (κ3) is 4.26. The van der Waals surface area contributed by atoms with E-state index in [-0.39, 0.29) is 30.0 Å². The standard InChI is InChI=1S/C18H20N2O5/c1-13(14-8-4-6-10-16(14)24-3)19(2)18(21)12-25-17-11-7-5-9-15(17)20(22)23/h4-11,13H,12H2,1-3H3. The van der Waals surface area contributed by atoms with Crippen molar-refractivity contribution in [2.24, 2.45) is 0 Å². The summed E-state index contributed by atoms with van der Waals surface area (Å²) >= 11 is 0. The monoisotopic (exact) mass is 344 g/mol. The molecule has 7 heteroatoms. The molecule has 0 fully saturated rings. The lowest BCUT2D eigenvalue weighted by Crippen LogP contribution is -2.33. The van der Waals surface area contributed by atoms with Crippen molar-refractivity contribution < 1.29 is 19.2 Å². The van der Waals surface area contributed by atoms with Crippen molar-refractivity contribution >= 4 is 11.6 Å². The van der Waals surface area contributed by atoms with E-state index in [0.717, 1.165) is 5.56 Å². The van der Waals surface area contributed by atoms with Gasteiger partial charge in [0.2, 0.25) is 0 Å². The Morgan fingerprint density at radius 1 is 1.16 bits per heavy atom. The molecule has 0 saturated heterocycles. The Morgan fingerprint density at radius 2 is 1.76 bits per heavy atom. The molecule has 2 aromatic carbocycles. The molecule has 0 spiro atoms. The summed E-state index contributed by atoms with van der Waals surface area (Å²) in [7, 11) is 3.23. The summed E-state index contributed by atoms with van der Waals surface area (Å²) < 4.78 is 10.7. The van der Waals surface area contributed by atoms with Crippen LogP contribution in [0.3, 0.4) is 0 Å². The van der Waals surface area contributed by atoms with E-state index < -0.39 is 4.92 Å². The fourth-order valence-corrected chi connectivity index (χ4v) is 2.41. The van der Waals surface area contributed by atoms with E-state index in [4.69, 9.17) is 9.47 Å². The molecule has 2 aromatic rings. The van der Waals surface area contributed by atoms with Crippen molar-refractivity contribution in [2.45, 2.75) is 13.0 Å². The molecule has 1 unspecified atom stereocenters. The lowest BCUT2D eigenvalue weighted by Gasteiger charge is -2.26. The van der Waals surface area contributed by atoms with Crippen LogP contribution in [0.25, 0.3) is 0 Å². The third-order valence-corrected chi connectivity index (χ3v) is 3.98. The van der Waals surface area contributed by atoms with Crippen molar-refractivity contribution in [1.29, 1.82) is 0 Å². The highest BCUT2D eigenvalue weighted by molar-refractivity contribution is 5.78. The molecule has 0 saturated carbocycles. The highest BCUT2D eigenvalue weighted by Crippen LogP contribution is 2.29. The van der Waals surface area contributed by atoms with Crippen LogP contribution in [0.15, 0.2) is 48.5 Å². The Bertz CT molecular complexity index is 763. The van der Waals surface area contributed by atoms with Crippen molar-refractivity contribution in [3.05, 3.63) is 64.2 Å². The number of nitro groups is 1. The maximum atomic E-state index is 12.4. The molecule has 132 valence electrons. The number of hydrogen-bond donors (Lipinski definition) is 0. The van der Waals surface area contributed by atoms with Crippen molar-refractivity contribution in [3.8, 4) is 11.5 Å². The molecule has 0 bridgehead atoms. The maximum absolute atomic E-state index is 12.4. The smallest absolute Gasteiger partial charge is 0.310 e. The second-order valence-electron chi connectivity index (χ2n) is 5.44. The number of carbonyl (C=O) groups excluding carboxylic acids is 1. The van der Waals surface area contributed by atoms with Gasteiger partial charge in [-0.1, -0.05) is 30.3 Å². The first-order valence-electron chi connectivity index (χ1n) is 7.70. The Hall–Kier alpha value is -3.09. The number of benzene rings is 2. The van der Waals surface area contributed by atoms with Crippen LogP contribution in [0, 0.1) is 10.1 Å². The Morgan fingerprint density at radius 3 is 2.40 bits per heavy atom. The molecular weight excluding hydrogens is 324 g/mol. The summed E-state index contributed by atoms with van der Waals surface area (Å²) in [4.78, 5) is 24.4. The van der Waals surface area contributed by atoms with Crippen molar-refractivity contribution in [3.63, 3.8) is 0 Å². The summed E-state index contributed by atoms with van der Waals surface area (Å²) in [5, 5.41) is 11.0. The van der Waals surface area contributed by atoms with E-state index >= 15 is 0 Å². The number of nitro benzene ring substituents is 1. The minimum Gasteiger partial charge on any atom is -0.496 e. The normalized spacial score (nSPS) is 11.5. The Balaban J connectivity index is 2.07. The lowest BCUT2D eigenvalue weighted by atomic mass is 10.1. The fourth-order valence-electron chi connectivity index (χ4n) is 2.41. The first-order chi connectivity index (χ1) is 12.0. The average Bonchev–Trinajstić information content (AvgIpc) is 2.64. The minimum atomic E-state index is -0.541. The van der Waals surface area contributed by atoms with Gasteiger partial charge in [-0.2, -0.15) is 0 Å². The molecule has 0 aliphatic rings. The number of rotatable bonds is 7. The van der Waals surface area contributed by atoms with Crippen LogP contribution < -0.4 is 9.47 Å². The van der Waals surface area contributed by atoms with Gasteiger partial charge in [-0.3, -0.25) is 14.9 Å². The summed E-state index contributed by atoms with van der Waals surface area (Å²) in [6, 6.07) is 13.2. The van der Waals surface area contributed by atoms with Crippen LogP contribution in [-0.4, -0.2) is 36.5 Å². The largest absolute Gasteiger partial charge is 0.496 e. The van der Waals surface area contributed by atoms with Gasteiger partial charge in [-0.25, -0.2) is 0 Å². The number of ether oxygens (including phenoxy) is 2. The molecule has 2 rings (SSSR count). The molecular formula is C18H20N2O5. The van der Waals surface area contributed by atoms with Gasteiger partial charge < -0.3 is 14.4 Å². The van der Waals surface area contributed by atoms with E-state index in [1.165, 1.54) is 17.0 Å². The zero-order chi connectivity index (χ0) is 18.4. The second-order valence-corrected chi connectivity index (χ2v) is 5.44. The lowest BCUT2D eigenvalue weighted by molar-refractivity contribution is -0.385. The van der Waals surface area contributed by atoms with Gasteiger partial charge in [-0.15, -0.1) is 0 Å². The molecule has 25 heavy (non-hydrogen) atoms. The quantitative estimate of drug-likeness (QED) is 0.569. The van der Waals surface area contributed by atoms with E-state index in [1.807, 2.05) is 31.2 Å². The predicted octanol–water partition coefficient (Wildman–Crippen LogP) is 3.20. The summed E-state index contributed by atoms with van der Waals surface area (Å²) in [6.45, 7) is 1.58. The molecule has 0 aliphatic carbocycles. The van der Waals surface area contributed by atoms with E-state index in [1.54, 1.807) is 26.3 Å². The van der Waals surface area contributed by atoms with E-state index in [0.29, 0.717) is 5.75 Å². The van der Waals surface area contributed by atoms with E-state index in [2.05, 4.69) is 0 Å². The van der Waals surface area contributed by atoms with Crippen LogP contribution in [-0.2, 0) is 4.79 Å².